The number of aromatic amines is 1. The standard InChI is InChI=1S/C13H19N3O4/c1-12(2,3)9-6-8(15-16-9)10(17)14-13(11(18)19)4-5-20-7-13/h6H,4-5,7H2,1-3H3,(H,14,17)(H,15,16)(H,18,19). The molecule has 0 saturated carbocycles. The van der Waals surface area contributed by atoms with E-state index in [2.05, 4.69) is 15.5 Å². The van der Waals surface area contributed by atoms with E-state index in [4.69, 9.17) is 4.74 Å². The number of carboxylic acid groups (broad SMARTS) is 1. The van der Waals surface area contributed by atoms with E-state index < -0.39 is 17.4 Å². The summed E-state index contributed by atoms with van der Waals surface area (Å²) in [5.74, 6) is -1.60. The first-order chi connectivity index (χ1) is 9.24. The molecule has 1 aromatic heterocycles. The quantitative estimate of drug-likeness (QED) is 0.755. The maximum absolute atomic E-state index is 12.1. The van der Waals surface area contributed by atoms with E-state index in [9.17, 15) is 14.7 Å². The number of aliphatic carboxylic acids is 1. The number of hydrogen-bond acceptors (Lipinski definition) is 4. The molecule has 1 amide bonds. The molecule has 110 valence electrons. The lowest BCUT2D eigenvalue weighted by atomic mass is 9.92. The number of ether oxygens (including phenoxy) is 1. The summed E-state index contributed by atoms with van der Waals surface area (Å²) in [6.45, 7) is 6.27. The molecule has 0 spiro atoms. The van der Waals surface area contributed by atoms with Gasteiger partial charge in [0.1, 0.15) is 5.69 Å². The Morgan fingerprint density at radius 1 is 1.50 bits per heavy atom. The van der Waals surface area contributed by atoms with Gasteiger partial charge in [0.15, 0.2) is 5.54 Å². The van der Waals surface area contributed by atoms with Crippen LogP contribution in [0.2, 0.25) is 0 Å². The van der Waals surface area contributed by atoms with Gasteiger partial charge in [0.25, 0.3) is 5.91 Å². The van der Waals surface area contributed by atoms with Crippen molar-refractivity contribution in [1.29, 1.82) is 0 Å². The monoisotopic (exact) mass is 281 g/mol. The first kappa shape index (κ1) is 14.5. The Morgan fingerprint density at radius 2 is 2.20 bits per heavy atom. The Morgan fingerprint density at radius 3 is 2.65 bits per heavy atom. The van der Waals surface area contributed by atoms with Gasteiger partial charge in [-0.1, -0.05) is 20.8 Å². The Bertz CT molecular complexity index is 524. The van der Waals surface area contributed by atoms with E-state index in [0.29, 0.717) is 6.61 Å². The van der Waals surface area contributed by atoms with E-state index >= 15 is 0 Å². The Balaban J connectivity index is 2.16. The maximum atomic E-state index is 12.1. The number of H-pyrrole nitrogens is 1. The SMILES string of the molecule is CC(C)(C)c1cc(C(=O)NC2(C(=O)O)CCOC2)n[nH]1. The number of carbonyl (C=O) groups excluding carboxylic acids is 1. The highest BCUT2D eigenvalue weighted by molar-refractivity contribution is 5.96. The molecule has 1 unspecified atom stereocenters. The molecule has 1 saturated heterocycles. The van der Waals surface area contributed by atoms with Crippen LogP contribution in [0.1, 0.15) is 43.4 Å². The molecule has 0 bridgehead atoms. The van der Waals surface area contributed by atoms with E-state index in [0.717, 1.165) is 5.69 Å². The minimum atomic E-state index is -1.35. The van der Waals surface area contributed by atoms with E-state index in [1.54, 1.807) is 6.07 Å². The highest BCUT2D eigenvalue weighted by Gasteiger charge is 2.44. The summed E-state index contributed by atoms with van der Waals surface area (Å²) in [7, 11) is 0. The molecule has 1 aliphatic rings. The van der Waals surface area contributed by atoms with Gasteiger partial charge in [0.2, 0.25) is 0 Å². The first-order valence-electron chi connectivity index (χ1n) is 6.44. The summed E-state index contributed by atoms with van der Waals surface area (Å²) < 4.78 is 5.09. The number of rotatable bonds is 3. The fourth-order valence-electron chi connectivity index (χ4n) is 1.99. The number of carboxylic acids is 1. The fourth-order valence-corrected chi connectivity index (χ4v) is 1.99. The Hall–Kier alpha value is -1.89. The number of nitrogens with zero attached hydrogens (tertiary/aromatic N) is 1. The molecule has 1 aromatic rings. The lowest BCUT2D eigenvalue weighted by Crippen LogP contribution is -2.55. The number of hydrogen-bond donors (Lipinski definition) is 3. The normalized spacial score (nSPS) is 22.8. The van der Waals surface area contributed by atoms with Crippen LogP contribution in [0.25, 0.3) is 0 Å². The fraction of sp³-hybridized carbons (Fsp3) is 0.615. The molecule has 1 fully saturated rings. The summed E-state index contributed by atoms with van der Waals surface area (Å²) in [5, 5.41) is 18.5. The summed E-state index contributed by atoms with van der Waals surface area (Å²) in [6.07, 6.45) is 0.255. The van der Waals surface area contributed by atoms with Crippen LogP contribution in [0.15, 0.2) is 6.07 Å². The zero-order valence-corrected chi connectivity index (χ0v) is 11.8. The van der Waals surface area contributed by atoms with Crippen LogP contribution in [-0.4, -0.2) is 45.9 Å². The Kier molecular flexibility index (Phi) is 3.56. The second-order valence-electron chi connectivity index (χ2n) is 6.06. The van der Waals surface area contributed by atoms with Crippen molar-refractivity contribution < 1.29 is 19.4 Å². The highest BCUT2D eigenvalue weighted by atomic mass is 16.5. The average Bonchev–Trinajstić information content (AvgIpc) is 2.96. The molecule has 0 aliphatic carbocycles. The zero-order valence-electron chi connectivity index (χ0n) is 11.8. The topological polar surface area (TPSA) is 104 Å². The predicted molar refractivity (Wildman–Crippen MR) is 70.6 cm³/mol. The van der Waals surface area contributed by atoms with E-state index in [1.165, 1.54) is 0 Å². The minimum Gasteiger partial charge on any atom is -0.479 e. The van der Waals surface area contributed by atoms with Crippen LogP contribution in [0, 0.1) is 0 Å². The summed E-state index contributed by atoms with van der Waals surface area (Å²) in [4.78, 5) is 23.5. The third-order valence-corrected chi connectivity index (χ3v) is 3.40. The summed E-state index contributed by atoms with van der Waals surface area (Å²) in [5.41, 5.74) is -0.512. The van der Waals surface area contributed by atoms with Gasteiger partial charge < -0.3 is 15.2 Å². The predicted octanol–water partition coefficient (Wildman–Crippen LogP) is 0.681. The van der Waals surface area contributed by atoms with Crippen LogP contribution in [0.3, 0.4) is 0 Å². The molecule has 0 aromatic carbocycles. The third kappa shape index (κ3) is 2.67. The summed E-state index contributed by atoms with van der Waals surface area (Å²) >= 11 is 0. The highest BCUT2D eigenvalue weighted by Crippen LogP contribution is 2.22. The van der Waals surface area contributed by atoms with Crippen molar-refractivity contribution >= 4 is 11.9 Å². The van der Waals surface area contributed by atoms with Gasteiger partial charge in [-0.25, -0.2) is 4.79 Å². The van der Waals surface area contributed by atoms with E-state index in [1.807, 2.05) is 20.8 Å². The van der Waals surface area contributed by atoms with Crippen molar-refractivity contribution in [3.63, 3.8) is 0 Å². The largest absolute Gasteiger partial charge is 0.479 e. The average molecular weight is 281 g/mol. The van der Waals surface area contributed by atoms with Crippen LogP contribution in [0.5, 0.6) is 0 Å². The van der Waals surface area contributed by atoms with Crippen LogP contribution in [-0.2, 0) is 14.9 Å². The molecule has 1 aliphatic heterocycles. The van der Waals surface area contributed by atoms with Gasteiger partial charge in [-0.05, 0) is 6.07 Å². The lowest BCUT2D eigenvalue weighted by Gasteiger charge is -2.22. The van der Waals surface area contributed by atoms with Gasteiger partial charge in [0, 0.05) is 24.1 Å². The molecule has 7 heteroatoms. The molecule has 0 radical (unpaired) electrons. The smallest absolute Gasteiger partial charge is 0.331 e. The van der Waals surface area contributed by atoms with Gasteiger partial charge >= 0.3 is 5.97 Å². The minimum absolute atomic E-state index is 0.0232. The number of aromatic nitrogens is 2. The van der Waals surface area contributed by atoms with Crippen LogP contribution >= 0.6 is 0 Å². The van der Waals surface area contributed by atoms with Gasteiger partial charge in [-0.3, -0.25) is 9.89 Å². The molecule has 2 rings (SSSR count). The molecule has 2 heterocycles. The van der Waals surface area contributed by atoms with Crippen molar-refractivity contribution in [2.45, 2.75) is 38.1 Å². The Labute approximate surface area is 116 Å². The lowest BCUT2D eigenvalue weighted by molar-refractivity contribution is -0.144. The molecular formula is C13H19N3O4. The van der Waals surface area contributed by atoms with Gasteiger partial charge in [-0.2, -0.15) is 5.10 Å². The van der Waals surface area contributed by atoms with Crippen LogP contribution in [0.4, 0.5) is 0 Å². The van der Waals surface area contributed by atoms with Crippen molar-refractivity contribution in [1.82, 2.24) is 15.5 Å². The van der Waals surface area contributed by atoms with Crippen molar-refractivity contribution in [2.75, 3.05) is 13.2 Å². The number of nitrogens with one attached hydrogen (secondary N) is 2. The van der Waals surface area contributed by atoms with Crippen molar-refractivity contribution in [3.8, 4) is 0 Å². The third-order valence-electron chi connectivity index (χ3n) is 3.40. The van der Waals surface area contributed by atoms with Crippen molar-refractivity contribution in [2.24, 2.45) is 0 Å². The van der Waals surface area contributed by atoms with Gasteiger partial charge in [-0.15, -0.1) is 0 Å². The van der Waals surface area contributed by atoms with Crippen molar-refractivity contribution in [3.05, 3.63) is 17.5 Å². The maximum Gasteiger partial charge on any atom is 0.331 e. The van der Waals surface area contributed by atoms with Crippen LogP contribution < -0.4 is 5.32 Å². The number of carbonyl (C=O) groups is 2. The zero-order chi connectivity index (χ0) is 15.0. The molecule has 1 atom stereocenters. The molecule has 3 N–H and O–H groups in total. The second kappa shape index (κ2) is 4.90. The second-order valence-corrected chi connectivity index (χ2v) is 6.06. The molecule has 7 nitrogen and oxygen atoms in total. The van der Waals surface area contributed by atoms with E-state index in [-0.39, 0.29) is 24.1 Å². The number of amides is 1. The first-order valence-corrected chi connectivity index (χ1v) is 6.44. The molecule has 20 heavy (non-hydrogen) atoms. The van der Waals surface area contributed by atoms with Gasteiger partial charge in [0.05, 0.1) is 6.61 Å². The molecular weight excluding hydrogens is 262 g/mol. The summed E-state index contributed by atoms with van der Waals surface area (Å²) in [6, 6.07) is 1.64.